The van der Waals surface area contributed by atoms with Crippen LogP contribution in [0.4, 0.5) is 5.69 Å². The maximum absolute atomic E-state index is 12.8. The number of amides is 2. The Kier molecular flexibility index (Phi) is 6.36. The van der Waals surface area contributed by atoms with Gasteiger partial charge in [-0.2, -0.15) is 0 Å². The largest absolute Gasteiger partial charge is 0.342 e. The average Bonchev–Trinajstić information content (AvgIpc) is 3.42. The second-order valence-corrected chi connectivity index (χ2v) is 8.30. The second-order valence-electron chi connectivity index (χ2n) is 7.36. The Morgan fingerprint density at radius 2 is 1.84 bits per heavy atom. The molecule has 1 aliphatic rings. The lowest BCUT2D eigenvalue weighted by Gasteiger charge is -2.17. The van der Waals surface area contributed by atoms with Crippen molar-refractivity contribution in [1.82, 2.24) is 20.1 Å². The van der Waals surface area contributed by atoms with E-state index < -0.39 is 0 Å². The molecule has 0 radical (unpaired) electrons. The fraction of sp³-hybridized carbons (Fsp3) is 0.304. The highest BCUT2D eigenvalue weighted by Gasteiger charge is 2.25. The van der Waals surface area contributed by atoms with Crippen molar-refractivity contribution in [3.05, 3.63) is 71.5 Å². The first-order valence-electron chi connectivity index (χ1n) is 10.4. The summed E-state index contributed by atoms with van der Waals surface area (Å²) in [5.41, 5.74) is 2.81. The number of rotatable bonds is 7. The van der Waals surface area contributed by atoms with Gasteiger partial charge in [-0.25, -0.2) is 0 Å². The molecule has 7 nitrogen and oxygen atoms in total. The lowest BCUT2D eigenvalue weighted by atomic mass is 10.2. The normalized spacial score (nSPS) is 13.7. The molecule has 0 fully saturated rings. The van der Waals surface area contributed by atoms with E-state index in [1.807, 2.05) is 59.7 Å². The molecule has 8 heteroatoms. The van der Waals surface area contributed by atoms with Crippen LogP contribution in [0.2, 0.25) is 0 Å². The molecule has 0 aliphatic carbocycles. The predicted molar refractivity (Wildman–Crippen MR) is 121 cm³/mol. The first-order valence-corrected chi connectivity index (χ1v) is 11.4. The van der Waals surface area contributed by atoms with Crippen molar-refractivity contribution in [2.45, 2.75) is 38.0 Å². The molecular weight excluding hydrogens is 410 g/mol. The van der Waals surface area contributed by atoms with Crippen molar-refractivity contribution in [3.8, 4) is 0 Å². The van der Waals surface area contributed by atoms with Gasteiger partial charge >= 0.3 is 0 Å². The van der Waals surface area contributed by atoms with Gasteiger partial charge in [0.25, 0.3) is 5.91 Å². The highest BCUT2D eigenvalue weighted by Crippen LogP contribution is 2.29. The lowest BCUT2D eigenvalue weighted by Crippen LogP contribution is -2.30. The van der Waals surface area contributed by atoms with Gasteiger partial charge in [-0.15, -0.1) is 10.2 Å². The van der Waals surface area contributed by atoms with Gasteiger partial charge in [0.15, 0.2) is 11.0 Å². The molecule has 2 aromatic carbocycles. The van der Waals surface area contributed by atoms with E-state index >= 15 is 0 Å². The van der Waals surface area contributed by atoms with Gasteiger partial charge in [0.2, 0.25) is 5.91 Å². The molecule has 2 heterocycles. The van der Waals surface area contributed by atoms with Crippen LogP contribution in [0.5, 0.6) is 0 Å². The zero-order valence-corrected chi connectivity index (χ0v) is 18.4. The number of hydrogen-bond donors (Lipinski definition) is 1. The fourth-order valence-corrected chi connectivity index (χ4v) is 4.65. The first-order chi connectivity index (χ1) is 15.1. The average molecular weight is 436 g/mol. The van der Waals surface area contributed by atoms with Crippen LogP contribution in [-0.2, 0) is 17.8 Å². The number of benzene rings is 2. The number of para-hydroxylation sites is 1. The van der Waals surface area contributed by atoms with E-state index in [9.17, 15) is 9.59 Å². The number of carbonyl (C=O) groups excluding carboxylic acids is 2. The number of fused-ring (bicyclic) bond motifs is 1. The maximum Gasteiger partial charge on any atom is 0.251 e. The molecule has 31 heavy (non-hydrogen) atoms. The SMILES string of the molecule is CCn1c(SCC(=O)N2CCc3ccccc32)nnc1[C@H](C)NC(=O)c1ccccc1. The van der Waals surface area contributed by atoms with Crippen molar-refractivity contribution in [2.75, 3.05) is 17.2 Å². The molecule has 0 saturated heterocycles. The fourth-order valence-electron chi connectivity index (χ4n) is 3.76. The van der Waals surface area contributed by atoms with Gasteiger partial charge in [-0.05, 0) is 44.0 Å². The maximum atomic E-state index is 12.8. The van der Waals surface area contributed by atoms with Crippen LogP contribution < -0.4 is 10.2 Å². The Morgan fingerprint density at radius 1 is 1.10 bits per heavy atom. The minimum absolute atomic E-state index is 0.0626. The third-order valence-corrected chi connectivity index (χ3v) is 6.30. The molecule has 0 spiro atoms. The summed E-state index contributed by atoms with van der Waals surface area (Å²) in [6.07, 6.45) is 0.889. The van der Waals surface area contributed by atoms with Crippen LogP contribution in [0.15, 0.2) is 59.8 Å². The molecule has 3 aromatic rings. The van der Waals surface area contributed by atoms with Crippen molar-refractivity contribution in [2.24, 2.45) is 0 Å². The van der Waals surface area contributed by atoms with Crippen LogP contribution in [0.1, 0.15) is 41.6 Å². The lowest BCUT2D eigenvalue weighted by molar-refractivity contribution is -0.116. The summed E-state index contributed by atoms with van der Waals surface area (Å²) in [6, 6.07) is 16.8. The number of aromatic nitrogens is 3. The van der Waals surface area contributed by atoms with Crippen molar-refractivity contribution < 1.29 is 9.59 Å². The Balaban J connectivity index is 1.41. The summed E-state index contributed by atoms with van der Waals surface area (Å²) in [4.78, 5) is 27.1. The third kappa shape index (κ3) is 4.49. The first kappa shape index (κ1) is 21.1. The Morgan fingerprint density at radius 3 is 2.61 bits per heavy atom. The number of carbonyl (C=O) groups is 2. The van der Waals surface area contributed by atoms with Crippen LogP contribution in [0.3, 0.4) is 0 Å². The highest BCUT2D eigenvalue weighted by atomic mass is 32.2. The summed E-state index contributed by atoms with van der Waals surface area (Å²) < 4.78 is 1.95. The summed E-state index contributed by atoms with van der Waals surface area (Å²) in [6.45, 7) is 5.25. The van der Waals surface area contributed by atoms with Crippen LogP contribution in [0, 0.1) is 0 Å². The van der Waals surface area contributed by atoms with Crippen molar-refractivity contribution in [1.29, 1.82) is 0 Å². The van der Waals surface area contributed by atoms with E-state index in [0.29, 0.717) is 29.6 Å². The van der Waals surface area contributed by atoms with E-state index in [-0.39, 0.29) is 23.6 Å². The topological polar surface area (TPSA) is 80.1 Å². The zero-order chi connectivity index (χ0) is 21.8. The molecule has 0 bridgehead atoms. The Bertz CT molecular complexity index is 1080. The molecular formula is C23H25N5O2S. The van der Waals surface area contributed by atoms with Gasteiger partial charge < -0.3 is 14.8 Å². The molecule has 1 N–H and O–H groups in total. The monoisotopic (exact) mass is 435 g/mol. The molecule has 0 saturated carbocycles. The van der Waals surface area contributed by atoms with E-state index in [1.165, 1.54) is 17.3 Å². The Labute approximate surface area is 185 Å². The van der Waals surface area contributed by atoms with E-state index in [2.05, 4.69) is 21.6 Å². The minimum Gasteiger partial charge on any atom is -0.342 e. The van der Waals surface area contributed by atoms with Gasteiger partial charge in [-0.1, -0.05) is 48.2 Å². The molecule has 1 atom stereocenters. The summed E-state index contributed by atoms with van der Waals surface area (Å²) in [7, 11) is 0. The van der Waals surface area contributed by atoms with E-state index in [1.54, 1.807) is 12.1 Å². The molecule has 160 valence electrons. The van der Waals surface area contributed by atoms with Crippen molar-refractivity contribution >= 4 is 29.3 Å². The summed E-state index contributed by atoms with van der Waals surface area (Å²) in [5, 5.41) is 12.2. The number of anilines is 1. The number of thioether (sulfide) groups is 1. The Hall–Kier alpha value is -3.13. The van der Waals surface area contributed by atoms with Crippen molar-refractivity contribution in [3.63, 3.8) is 0 Å². The van der Waals surface area contributed by atoms with Crippen LogP contribution in [-0.4, -0.2) is 38.9 Å². The molecule has 1 aromatic heterocycles. The number of nitrogens with zero attached hydrogens (tertiary/aromatic N) is 4. The summed E-state index contributed by atoms with van der Waals surface area (Å²) in [5.74, 6) is 0.869. The second kappa shape index (κ2) is 9.34. The van der Waals surface area contributed by atoms with Gasteiger partial charge in [0, 0.05) is 24.3 Å². The molecule has 1 aliphatic heterocycles. The summed E-state index contributed by atoms with van der Waals surface area (Å²) >= 11 is 1.38. The number of nitrogens with one attached hydrogen (secondary N) is 1. The molecule has 0 unspecified atom stereocenters. The molecule has 4 rings (SSSR count). The predicted octanol–water partition coefficient (Wildman–Crippen LogP) is 3.47. The smallest absolute Gasteiger partial charge is 0.251 e. The highest BCUT2D eigenvalue weighted by molar-refractivity contribution is 7.99. The minimum atomic E-state index is -0.310. The standard InChI is InChI=1S/C23H25N5O2S/c1-3-27-21(16(2)24-22(30)18-10-5-4-6-11-18)25-26-23(27)31-15-20(29)28-14-13-17-9-7-8-12-19(17)28/h4-12,16H,3,13-15H2,1-2H3,(H,24,30)/t16-/m0/s1. The van der Waals surface area contributed by atoms with E-state index in [0.717, 1.165) is 12.1 Å². The van der Waals surface area contributed by atoms with E-state index in [4.69, 9.17) is 0 Å². The van der Waals surface area contributed by atoms with Gasteiger partial charge in [0.1, 0.15) is 0 Å². The van der Waals surface area contributed by atoms with Crippen LogP contribution in [0.25, 0.3) is 0 Å². The van der Waals surface area contributed by atoms with Gasteiger partial charge in [-0.3, -0.25) is 9.59 Å². The quantitative estimate of drug-likeness (QED) is 0.575. The zero-order valence-electron chi connectivity index (χ0n) is 17.6. The van der Waals surface area contributed by atoms with Gasteiger partial charge in [0.05, 0.1) is 11.8 Å². The number of hydrogen-bond acceptors (Lipinski definition) is 5. The third-order valence-electron chi connectivity index (χ3n) is 5.35. The molecule has 2 amide bonds. The van der Waals surface area contributed by atoms with Crippen LogP contribution >= 0.6 is 11.8 Å².